The zero-order valence-corrected chi connectivity index (χ0v) is 11.9. The van der Waals surface area contributed by atoms with Gasteiger partial charge < -0.3 is 5.11 Å². The standard InChI is InChI=1S/C17H11N3O3/c21-15(13-8-4-5-9-18-13)12-10-19-16(20-14(12)17(22)23)11-6-2-1-3-7-11/h1-10H,(H,22,23). The first kappa shape index (κ1) is 14.5. The number of carbonyl (C=O) groups is 2. The lowest BCUT2D eigenvalue weighted by Gasteiger charge is -2.06. The van der Waals surface area contributed by atoms with Crippen molar-refractivity contribution >= 4 is 11.8 Å². The Morgan fingerprint density at radius 3 is 2.30 bits per heavy atom. The van der Waals surface area contributed by atoms with E-state index in [4.69, 9.17) is 0 Å². The first-order valence-electron chi connectivity index (χ1n) is 6.78. The molecule has 1 N–H and O–H groups in total. The molecular weight excluding hydrogens is 294 g/mol. The number of ketones is 1. The van der Waals surface area contributed by atoms with Crippen molar-refractivity contribution < 1.29 is 14.7 Å². The van der Waals surface area contributed by atoms with Gasteiger partial charge in [0.05, 0.1) is 5.56 Å². The van der Waals surface area contributed by atoms with Crippen LogP contribution in [0, 0.1) is 0 Å². The van der Waals surface area contributed by atoms with E-state index < -0.39 is 11.8 Å². The summed E-state index contributed by atoms with van der Waals surface area (Å²) in [4.78, 5) is 36.0. The molecule has 6 nitrogen and oxygen atoms in total. The predicted molar refractivity (Wildman–Crippen MR) is 82.1 cm³/mol. The number of aromatic nitrogens is 3. The normalized spacial score (nSPS) is 10.3. The Morgan fingerprint density at radius 1 is 0.913 bits per heavy atom. The molecule has 0 aliphatic carbocycles. The summed E-state index contributed by atoms with van der Waals surface area (Å²) in [6.07, 6.45) is 2.70. The van der Waals surface area contributed by atoms with Crippen LogP contribution in [0.4, 0.5) is 0 Å². The van der Waals surface area contributed by atoms with E-state index in [2.05, 4.69) is 15.0 Å². The summed E-state index contributed by atoms with van der Waals surface area (Å²) in [6.45, 7) is 0. The Balaban J connectivity index is 2.08. The van der Waals surface area contributed by atoms with Crippen LogP contribution in [-0.2, 0) is 0 Å². The van der Waals surface area contributed by atoms with Gasteiger partial charge in [0.15, 0.2) is 11.5 Å². The molecule has 23 heavy (non-hydrogen) atoms. The van der Waals surface area contributed by atoms with Gasteiger partial charge in [-0.05, 0) is 12.1 Å². The lowest BCUT2D eigenvalue weighted by atomic mass is 10.1. The van der Waals surface area contributed by atoms with Crippen molar-refractivity contribution in [3.05, 3.63) is 77.9 Å². The van der Waals surface area contributed by atoms with Crippen LogP contribution in [0.2, 0.25) is 0 Å². The number of hydrogen-bond acceptors (Lipinski definition) is 5. The van der Waals surface area contributed by atoms with Crippen LogP contribution in [0.15, 0.2) is 60.9 Å². The molecule has 3 aromatic rings. The van der Waals surface area contributed by atoms with Gasteiger partial charge in [0.1, 0.15) is 5.69 Å². The molecule has 2 heterocycles. The van der Waals surface area contributed by atoms with Crippen molar-refractivity contribution in [2.45, 2.75) is 0 Å². The highest BCUT2D eigenvalue weighted by Crippen LogP contribution is 2.18. The zero-order chi connectivity index (χ0) is 16.2. The number of aromatic carboxylic acids is 1. The van der Waals surface area contributed by atoms with Gasteiger partial charge in [-0.25, -0.2) is 14.8 Å². The Kier molecular flexibility index (Phi) is 3.88. The number of carboxylic acids is 1. The molecule has 0 spiro atoms. The summed E-state index contributed by atoms with van der Waals surface area (Å²) < 4.78 is 0. The summed E-state index contributed by atoms with van der Waals surface area (Å²) in [5, 5.41) is 9.37. The summed E-state index contributed by atoms with van der Waals surface area (Å²) in [6, 6.07) is 13.8. The van der Waals surface area contributed by atoms with Crippen LogP contribution in [0.25, 0.3) is 11.4 Å². The highest BCUT2D eigenvalue weighted by atomic mass is 16.4. The molecule has 0 amide bonds. The third-order valence-electron chi connectivity index (χ3n) is 3.17. The Hall–Kier alpha value is -3.41. The summed E-state index contributed by atoms with van der Waals surface area (Å²) >= 11 is 0. The molecule has 2 aromatic heterocycles. The number of benzene rings is 1. The van der Waals surface area contributed by atoms with Crippen LogP contribution in [0.5, 0.6) is 0 Å². The number of carboxylic acid groups (broad SMARTS) is 1. The number of nitrogens with zero attached hydrogens (tertiary/aromatic N) is 3. The van der Waals surface area contributed by atoms with Crippen LogP contribution < -0.4 is 0 Å². The quantitative estimate of drug-likeness (QED) is 0.744. The van der Waals surface area contributed by atoms with Gasteiger partial charge in [0, 0.05) is 18.0 Å². The molecule has 0 saturated heterocycles. The third-order valence-corrected chi connectivity index (χ3v) is 3.17. The van der Waals surface area contributed by atoms with E-state index in [1.807, 2.05) is 6.07 Å². The molecule has 112 valence electrons. The SMILES string of the molecule is O=C(c1ccccn1)c1cnc(-c2ccccc2)nc1C(=O)O. The summed E-state index contributed by atoms with van der Waals surface area (Å²) in [5.74, 6) is -1.56. The van der Waals surface area contributed by atoms with Crippen LogP contribution in [0.3, 0.4) is 0 Å². The van der Waals surface area contributed by atoms with E-state index in [-0.39, 0.29) is 22.8 Å². The smallest absolute Gasteiger partial charge is 0.355 e. The number of hydrogen-bond donors (Lipinski definition) is 1. The first-order valence-corrected chi connectivity index (χ1v) is 6.78. The average molecular weight is 305 g/mol. The van der Waals surface area contributed by atoms with Gasteiger partial charge >= 0.3 is 5.97 Å². The predicted octanol–water partition coefficient (Wildman–Crippen LogP) is 2.47. The number of rotatable bonds is 4. The van der Waals surface area contributed by atoms with Crippen molar-refractivity contribution in [1.82, 2.24) is 15.0 Å². The fraction of sp³-hybridized carbons (Fsp3) is 0. The summed E-state index contributed by atoms with van der Waals surface area (Å²) in [7, 11) is 0. The minimum absolute atomic E-state index is 0.0871. The molecule has 0 unspecified atom stereocenters. The van der Waals surface area contributed by atoms with Gasteiger partial charge in [0.25, 0.3) is 0 Å². The Bertz CT molecular complexity index is 865. The van der Waals surface area contributed by atoms with Gasteiger partial charge in [-0.3, -0.25) is 9.78 Å². The van der Waals surface area contributed by atoms with Crippen molar-refractivity contribution in [2.24, 2.45) is 0 Å². The average Bonchev–Trinajstić information content (AvgIpc) is 2.62. The van der Waals surface area contributed by atoms with Crippen LogP contribution in [-0.4, -0.2) is 31.8 Å². The molecule has 1 aromatic carbocycles. The molecule has 0 bridgehead atoms. The summed E-state index contributed by atoms with van der Waals surface area (Å²) in [5.41, 5.74) is 0.392. The van der Waals surface area contributed by atoms with E-state index in [0.29, 0.717) is 5.56 Å². The second-order valence-corrected chi connectivity index (χ2v) is 4.67. The van der Waals surface area contributed by atoms with Gasteiger partial charge in [0.2, 0.25) is 5.78 Å². The molecule has 0 aliphatic rings. The molecule has 6 heteroatoms. The maximum atomic E-state index is 12.4. The number of carbonyl (C=O) groups excluding carboxylic acids is 1. The van der Waals surface area contributed by atoms with Crippen LogP contribution >= 0.6 is 0 Å². The van der Waals surface area contributed by atoms with Crippen molar-refractivity contribution in [2.75, 3.05) is 0 Å². The van der Waals surface area contributed by atoms with Gasteiger partial charge in [-0.1, -0.05) is 36.4 Å². The van der Waals surface area contributed by atoms with E-state index in [9.17, 15) is 14.7 Å². The Labute approximate surface area is 131 Å². The highest BCUT2D eigenvalue weighted by molar-refractivity contribution is 6.12. The van der Waals surface area contributed by atoms with Gasteiger partial charge in [-0.15, -0.1) is 0 Å². The maximum absolute atomic E-state index is 12.4. The number of pyridine rings is 1. The van der Waals surface area contributed by atoms with Crippen molar-refractivity contribution in [1.29, 1.82) is 0 Å². The molecular formula is C17H11N3O3. The molecule has 0 fully saturated rings. The fourth-order valence-electron chi connectivity index (χ4n) is 2.07. The molecule has 0 saturated carbocycles. The van der Waals surface area contributed by atoms with E-state index >= 15 is 0 Å². The van der Waals surface area contributed by atoms with E-state index in [0.717, 1.165) is 0 Å². The van der Waals surface area contributed by atoms with Crippen molar-refractivity contribution in [3.8, 4) is 11.4 Å². The molecule has 0 atom stereocenters. The van der Waals surface area contributed by atoms with E-state index in [1.165, 1.54) is 18.5 Å². The highest BCUT2D eigenvalue weighted by Gasteiger charge is 2.22. The first-order chi connectivity index (χ1) is 11.2. The lowest BCUT2D eigenvalue weighted by molar-refractivity contribution is 0.0686. The maximum Gasteiger partial charge on any atom is 0.355 e. The third kappa shape index (κ3) is 2.96. The van der Waals surface area contributed by atoms with Crippen LogP contribution in [0.1, 0.15) is 26.5 Å². The largest absolute Gasteiger partial charge is 0.476 e. The minimum atomic E-state index is -1.29. The molecule has 3 rings (SSSR count). The zero-order valence-electron chi connectivity index (χ0n) is 11.9. The van der Waals surface area contributed by atoms with Crippen molar-refractivity contribution in [3.63, 3.8) is 0 Å². The van der Waals surface area contributed by atoms with Gasteiger partial charge in [-0.2, -0.15) is 0 Å². The second-order valence-electron chi connectivity index (χ2n) is 4.67. The second kappa shape index (κ2) is 6.15. The lowest BCUT2D eigenvalue weighted by Crippen LogP contribution is -2.14. The Morgan fingerprint density at radius 2 is 1.65 bits per heavy atom. The topological polar surface area (TPSA) is 93.0 Å². The monoisotopic (exact) mass is 305 g/mol. The molecule has 0 aliphatic heterocycles. The van der Waals surface area contributed by atoms with E-state index in [1.54, 1.807) is 36.4 Å². The minimum Gasteiger partial charge on any atom is -0.476 e. The molecule has 0 radical (unpaired) electrons. The fourth-order valence-corrected chi connectivity index (χ4v) is 2.07.